The van der Waals surface area contributed by atoms with Crippen LogP contribution in [0.25, 0.3) is 0 Å². The normalized spacial score (nSPS) is 13.2. The van der Waals surface area contributed by atoms with Crippen LogP contribution >= 0.6 is 15.9 Å². The van der Waals surface area contributed by atoms with Gasteiger partial charge in [0.1, 0.15) is 0 Å². The summed E-state index contributed by atoms with van der Waals surface area (Å²) in [7, 11) is 0. The molecule has 0 amide bonds. The molecule has 0 aromatic rings. The third kappa shape index (κ3) is 10.4. The van der Waals surface area contributed by atoms with Gasteiger partial charge in [0.25, 0.3) is 0 Å². The fourth-order valence-electron chi connectivity index (χ4n) is 1.39. The Hall–Kier alpha value is 0.440. The van der Waals surface area contributed by atoms with Gasteiger partial charge in [0, 0.05) is 5.33 Å². The predicted octanol–water partition coefficient (Wildman–Crippen LogP) is 3.88. The van der Waals surface area contributed by atoms with Crippen molar-refractivity contribution in [2.45, 2.75) is 64.4 Å². The lowest BCUT2D eigenvalue weighted by molar-refractivity contribution is 0.156. The van der Waals surface area contributed by atoms with E-state index in [0.717, 1.165) is 18.2 Å². The molecule has 13 heavy (non-hydrogen) atoms. The number of aliphatic hydroxyl groups excluding tert-OH is 1. The molecule has 0 rings (SSSR count). The van der Waals surface area contributed by atoms with Crippen LogP contribution in [0.2, 0.25) is 0 Å². The fraction of sp³-hybridized carbons (Fsp3) is 1.00. The molecule has 0 aliphatic heterocycles. The molecular weight excluding hydrogens is 228 g/mol. The van der Waals surface area contributed by atoms with Gasteiger partial charge < -0.3 is 5.11 Å². The van der Waals surface area contributed by atoms with Crippen LogP contribution in [-0.2, 0) is 0 Å². The van der Waals surface area contributed by atoms with E-state index >= 15 is 0 Å². The van der Waals surface area contributed by atoms with Gasteiger partial charge in [-0.3, -0.25) is 0 Å². The molecule has 1 atom stereocenters. The molecule has 1 nitrogen and oxygen atoms in total. The maximum atomic E-state index is 9.29. The van der Waals surface area contributed by atoms with E-state index in [2.05, 4.69) is 15.9 Å². The van der Waals surface area contributed by atoms with Crippen LogP contribution in [0.3, 0.4) is 0 Å². The van der Waals surface area contributed by atoms with Gasteiger partial charge in [0.05, 0.1) is 6.10 Å². The summed E-state index contributed by atoms with van der Waals surface area (Å²) >= 11 is 3.43. The van der Waals surface area contributed by atoms with Crippen molar-refractivity contribution >= 4 is 15.9 Å². The van der Waals surface area contributed by atoms with E-state index in [4.69, 9.17) is 0 Å². The van der Waals surface area contributed by atoms with Crippen LogP contribution in [0.15, 0.2) is 0 Å². The zero-order valence-corrected chi connectivity index (χ0v) is 10.4. The lowest BCUT2D eigenvalue weighted by Crippen LogP contribution is -2.03. The highest BCUT2D eigenvalue weighted by Gasteiger charge is 1.99. The van der Waals surface area contributed by atoms with Crippen LogP contribution in [0.4, 0.5) is 0 Å². The molecule has 0 aliphatic rings. The first-order valence-corrected chi connectivity index (χ1v) is 6.67. The number of alkyl halides is 1. The molecular formula is C11H23BrO. The quantitative estimate of drug-likeness (QED) is 0.487. The van der Waals surface area contributed by atoms with E-state index in [9.17, 15) is 5.11 Å². The Labute approximate surface area is 91.1 Å². The number of aliphatic hydroxyl groups is 1. The van der Waals surface area contributed by atoms with Gasteiger partial charge in [-0.05, 0) is 19.3 Å². The van der Waals surface area contributed by atoms with Gasteiger partial charge in [-0.25, -0.2) is 0 Å². The molecule has 0 spiro atoms. The summed E-state index contributed by atoms with van der Waals surface area (Å²) in [5, 5.41) is 10.4. The molecule has 0 radical (unpaired) electrons. The molecule has 0 saturated carbocycles. The van der Waals surface area contributed by atoms with Gasteiger partial charge in [-0.15, -0.1) is 0 Å². The average molecular weight is 251 g/mol. The molecule has 0 bridgehead atoms. The number of hydrogen-bond acceptors (Lipinski definition) is 1. The van der Waals surface area contributed by atoms with Gasteiger partial charge >= 0.3 is 0 Å². The van der Waals surface area contributed by atoms with Gasteiger partial charge in [-0.1, -0.05) is 55.0 Å². The predicted molar refractivity (Wildman–Crippen MR) is 62.4 cm³/mol. The third-order valence-corrected chi connectivity index (χ3v) is 2.95. The second-order valence-corrected chi connectivity index (χ2v) is 4.45. The van der Waals surface area contributed by atoms with Crippen LogP contribution in [0.1, 0.15) is 58.3 Å². The summed E-state index contributed by atoms with van der Waals surface area (Å²) in [6, 6.07) is 0. The standard InChI is InChI=1S/C11H23BrO/c1-2-11(13)9-7-5-3-4-6-8-10-12/h11,13H,2-10H2,1H3/t11-/m1/s1. The third-order valence-electron chi connectivity index (χ3n) is 2.39. The van der Waals surface area contributed by atoms with Gasteiger partial charge in [-0.2, -0.15) is 0 Å². The maximum Gasteiger partial charge on any atom is 0.0537 e. The van der Waals surface area contributed by atoms with E-state index in [1.807, 2.05) is 6.92 Å². The summed E-state index contributed by atoms with van der Waals surface area (Å²) < 4.78 is 0. The van der Waals surface area contributed by atoms with Crippen LogP contribution < -0.4 is 0 Å². The molecule has 0 saturated heterocycles. The molecule has 1 N–H and O–H groups in total. The van der Waals surface area contributed by atoms with Gasteiger partial charge in [0.15, 0.2) is 0 Å². The summed E-state index contributed by atoms with van der Waals surface area (Å²) in [5.41, 5.74) is 0. The molecule has 0 fully saturated rings. The Morgan fingerprint density at radius 1 is 1.00 bits per heavy atom. The Morgan fingerprint density at radius 3 is 2.08 bits per heavy atom. The van der Waals surface area contributed by atoms with E-state index in [0.29, 0.717) is 0 Å². The minimum Gasteiger partial charge on any atom is -0.393 e. The Balaban J connectivity index is 2.91. The second-order valence-electron chi connectivity index (χ2n) is 3.66. The Kier molecular flexibility index (Phi) is 10.9. The smallest absolute Gasteiger partial charge is 0.0537 e. The van der Waals surface area contributed by atoms with Crippen molar-refractivity contribution in [1.82, 2.24) is 0 Å². The van der Waals surface area contributed by atoms with E-state index in [1.54, 1.807) is 0 Å². The van der Waals surface area contributed by atoms with Crippen LogP contribution in [-0.4, -0.2) is 16.5 Å². The molecule has 0 unspecified atom stereocenters. The van der Waals surface area contributed by atoms with Crippen LogP contribution in [0, 0.1) is 0 Å². The minimum atomic E-state index is -0.0532. The fourth-order valence-corrected chi connectivity index (χ4v) is 1.78. The molecule has 2 heteroatoms. The van der Waals surface area contributed by atoms with Crippen molar-refractivity contribution in [3.63, 3.8) is 0 Å². The zero-order chi connectivity index (χ0) is 9.94. The Morgan fingerprint density at radius 2 is 1.54 bits per heavy atom. The van der Waals surface area contributed by atoms with Crippen molar-refractivity contribution in [3.05, 3.63) is 0 Å². The Bertz CT molecular complexity index is 96.1. The van der Waals surface area contributed by atoms with Crippen molar-refractivity contribution in [1.29, 1.82) is 0 Å². The first-order chi connectivity index (χ1) is 6.31. The SMILES string of the molecule is CC[C@@H](O)CCCCCCCCBr. The molecule has 0 heterocycles. The first kappa shape index (κ1) is 13.4. The number of rotatable bonds is 9. The van der Waals surface area contributed by atoms with Crippen molar-refractivity contribution < 1.29 is 5.11 Å². The van der Waals surface area contributed by atoms with Crippen molar-refractivity contribution in [3.8, 4) is 0 Å². The van der Waals surface area contributed by atoms with Crippen molar-refractivity contribution in [2.75, 3.05) is 5.33 Å². The highest BCUT2D eigenvalue weighted by Crippen LogP contribution is 2.10. The molecule has 80 valence electrons. The highest BCUT2D eigenvalue weighted by atomic mass is 79.9. The maximum absolute atomic E-state index is 9.29. The monoisotopic (exact) mass is 250 g/mol. The topological polar surface area (TPSA) is 20.2 Å². The van der Waals surface area contributed by atoms with E-state index in [1.165, 1.54) is 38.5 Å². The summed E-state index contributed by atoms with van der Waals surface area (Å²) in [5.74, 6) is 0. The zero-order valence-electron chi connectivity index (χ0n) is 8.77. The summed E-state index contributed by atoms with van der Waals surface area (Å²) in [6.45, 7) is 2.04. The van der Waals surface area contributed by atoms with Gasteiger partial charge in [0.2, 0.25) is 0 Å². The van der Waals surface area contributed by atoms with Crippen molar-refractivity contribution in [2.24, 2.45) is 0 Å². The average Bonchev–Trinajstić information content (AvgIpc) is 2.16. The number of halogens is 1. The molecule has 0 aromatic carbocycles. The lowest BCUT2D eigenvalue weighted by atomic mass is 10.1. The second kappa shape index (κ2) is 10.5. The van der Waals surface area contributed by atoms with Crippen LogP contribution in [0.5, 0.6) is 0 Å². The first-order valence-electron chi connectivity index (χ1n) is 5.55. The summed E-state index contributed by atoms with van der Waals surface area (Å²) in [4.78, 5) is 0. The van der Waals surface area contributed by atoms with E-state index < -0.39 is 0 Å². The number of hydrogen-bond donors (Lipinski definition) is 1. The minimum absolute atomic E-state index is 0.0532. The highest BCUT2D eigenvalue weighted by molar-refractivity contribution is 9.09. The van der Waals surface area contributed by atoms with E-state index in [-0.39, 0.29) is 6.10 Å². The summed E-state index contributed by atoms with van der Waals surface area (Å²) in [6.07, 6.45) is 9.68. The lowest BCUT2D eigenvalue weighted by Gasteiger charge is -2.06. The molecule has 0 aliphatic carbocycles. The molecule has 0 aromatic heterocycles. The largest absolute Gasteiger partial charge is 0.393 e. The number of unbranched alkanes of at least 4 members (excludes halogenated alkanes) is 5.